The lowest BCUT2D eigenvalue weighted by Crippen LogP contribution is -2.16. The molecule has 0 aliphatic carbocycles. The van der Waals surface area contributed by atoms with Gasteiger partial charge in [0.15, 0.2) is 5.76 Å². The average Bonchev–Trinajstić information content (AvgIpc) is 3.69. The molecule has 2 amide bonds. The van der Waals surface area contributed by atoms with Crippen molar-refractivity contribution in [3.63, 3.8) is 0 Å². The largest absolute Gasteiger partial charge is 0.486 e. The highest BCUT2D eigenvalue weighted by Gasteiger charge is 2.27. The topological polar surface area (TPSA) is 125 Å². The zero-order valence-electron chi connectivity index (χ0n) is 23.2. The number of alkyl halides is 2. The first kappa shape index (κ1) is 28.9. The fraction of sp³-hybridized carbons (Fsp3) is 0.267. The first-order valence-electron chi connectivity index (χ1n) is 13.4. The van der Waals surface area contributed by atoms with Gasteiger partial charge in [-0.05, 0) is 61.7 Å². The average molecular weight is 594 g/mol. The highest BCUT2D eigenvalue weighted by atomic mass is 32.1. The van der Waals surface area contributed by atoms with Crippen molar-refractivity contribution < 1.29 is 27.5 Å². The van der Waals surface area contributed by atoms with E-state index in [4.69, 9.17) is 14.9 Å². The number of anilines is 1. The Morgan fingerprint density at radius 2 is 1.90 bits per heavy atom. The maximum atomic E-state index is 13.8. The summed E-state index contributed by atoms with van der Waals surface area (Å²) in [5.74, 6) is -0.447. The Hall–Kier alpha value is -4.58. The quantitative estimate of drug-likeness (QED) is 0.172. The van der Waals surface area contributed by atoms with Gasteiger partial charge in [0.1, 0.15) is 33.5 Å². The highest BCUT2D eigenvalue weighted by Crippen LogP contribution is 2.43. The fourth-order valence-electron chi connectivity index (χ4n) is 4.63. The van der Waals surface area contributed by atoms with E-state index in [1.807, 2.05) is 31.2 Å². The Morgan fingerprint density at radius 3 is 2.55 bits per heavy atom. The van der Waals surface area contributed by atoms with Crippen LogP contribution in [0.3, 0.4) is 0 Å². The van der Waals surface area contributed by atoms with E-state index in [-0.39, 0.29) is 27.8 Å². The maximum Gasteiger partial charge on any atom is 0.291 e. The van der Waals surface area contributed by atoms with E-state index in [2.05, 4.69) is 22.3 Å². The Balaban J connectivity index is 1.46. The predicted octanol–water partition coefficient (Wildman–Crippen LogP) is 6.90. The van der Waals surface area contributed by atoms with E-state index < -0.39 is 23.9 Å². The van der Waals surface area contributed by atoms with E-state index in [0.717, 1.165) is 24.2 Å². The summed E-state index contributed by atoms with van der Waals surface area (Å²) in [5.41, 5.74) is 7.98. The number of benzene rings is 1. The number of hydrogen-bond donors (Lipinski definition) is 2. The molecule has 12 heteroatoms. The second-order valence-corrected chi connectivity index (χ2v) is 10.6. The Morgan fingerprint density at radius 1 is 1.14 bits per heavy atom. The molecule has 0 aliphatic rings. The third kappa shape index (κ3) is 5.89. The van der Waals surface area contributed by atoms with Crippen molar-refractivity contribution in [2.45, 2.75) is 53.2 Å². The van der Waals surface area contributed by atoms with Crippen molar-refractivity contribution >= 4 is 39.1 Å². The number of thiophene rings is 1. The van der Waals surface area contributed by atoms with Crippen LogP contribution in [0, 0.1) is 6.92 Å². The monoisotopic (exact) mass is 593 g/mol. The summed E-state index contributed by atoms with van der Waals surface area (Å²) in [4.78, 5) is 29.9. The number of furan rings is 1. The van der Waals surface area contributed by atoms with Gasteiger partial charge < -0.3 is 20.2 Å². The molecule has 4 heterocycles. The highest BCUT2D eigenvalue weighted by molar-refractivity contribution is 7.21. The number of nitrogens with two attached hydrogens (primary N) is 1. The van der Waals surface area contributed by atoms with Gasteiger partial charge in [-0.25, -0.2) is 13.8 Å². The second kappa shape index (κ2) is 12.1. The molecule has 0 saturated heterocycles. The van der Waals surface area contributed by atoms with Crippen LogP contribution in [0.2, 0.25) is 0 Å². The van der Waals surface area contributed by atoms with Crippen LogP contribution < -0.4 is 15.8 Å². The van der Waals surface area contributed by atoms with Gasteiger partial charge in [0.25, 0.3) is 18.2 Å². The summed E-state index contributed by atoms with van der Waals surface area (Å²) in [6.07, 6.45) is 0.908. The number of pyridine rings is 1. The molecule has 0 aliphatic heterocycles. The lowest BCUT2D eigenvalue weighted by Gasteiger charge is -2.10. The molecule has 0 spiro atoms. The van der Waals surface area contributed by atoms with Crippen molar-refractivity contribution in [3.8, 4) is 16.9 Å². The Bertz CT molecular complexity index is 1760. The number of carbonyl (C=O) groups excluding carboxylic acids is 2. The van der Waals surface area contributed by atoms with Crippen LogP contribution >= 0.6 is 11.3 Å². The Labute approximate surface area is 244 Å². The molecule has 0 fully saturated rings. The number of halogens is 2. The van der Waals surface area contributed by atoms with Crippen LogP contribution in [0.5, 0.6) is 5.75 Å². The van der Waals surface area contributed by atoms with E-state index >= 15 is 0 Å². The number of ether oxygens (including phenoxy) is 1. The molecule has 3 N–H and O–H groups in total. The van der Waals surface area contributed by atoms with Crippen LogP contribution in [0.15, 0.2) is 53.1 Å². The van der Waals surface area contributed by atoms with Crippen molar-refractivity contribution in [1.82, 2.24) is 14.8 Å². The molecule has 0 bridgehead atoms. The molecule has 1 aromatic carbocycles. The van der Waals surface area contributed by atoms with Crippen molar-refractivity contribution in [2.24, 2.45) is 5.73 Å². The standard InChI is InChI=1S/C30H29F2N5O4S/c1-4-6-17-7-9-18(10-8-17)40-15-19-11-12-23(41-19)29(39)35-25-24-20(21-14-37(5-2)36-16(21)3)13-22(27(31)32)34-30(24)42-26(25)28(33)38/h7-14,27H,4-6,15H2,1-3H3,(H2,33,38)(H,35,39). The number of aromatic nitrogens is 3. The number of rotatable bonds is 11. The molecule has 0 saturated carbocycles. The Kier molecular flexibility index (Phi) is 8.34. The molecule has 9 nitrogen and oxygen atoms in total. The van der Waals surface area contributed by atoms with Crippen LogP contribution in [0.4, 0.5) is 14.5 Å². The van der Waals surface area contributed by atoms with E-state index in [1.54, 1.807) is 23.9 Å². The zero-order chi connectivity index (χ0) is 30.0. The molecule has 42 heavy (non-hydrogen) atoms. The van der Waals surface area contributed by atoms with Gasteiger partial charge in [0, 0.05) is 23.7 Å². The number of aryl methyl sites for hydroxylation is 3. The van der Waals surface area contributed by atoms with Crippen molar-refractivity contribution in [3.05, 3.63) is 82.0 Å². The fourth-order valence-corrected chi connectivity index (χ4v) is 5.64. The van der Waals surface area contributed by atoms with E-state index in [9.17, 15) is 18.4 Å². The third-order valence-electron chi connectivity index (χ3n) is 6.66. The van der Waals surface area contributed by atoms with Crippen molar-refractivity contribution in [2.75, 3.05) is 5.32 Å². The number of hydrogen-bond acceptors (Lipinski definition) is 7. The van der Waals surface area contributed by atoms with Gasteiger partial charge in [-0.15, -0.1) is 11.3 Å². The number of amides is 2. The molecule has 5 rings (SSSR count). The van der Waals surface area contributed by atoms with Gasteiger partial charge in [-0.3, -0.25) is 14.3 Å². The number of carbonyl (C=O) groups is 2. The smallest absolute Gasteiger partial charge is 0.291 e. The minimum absolute atomic E-state index is 0.0271. The summed E-state index contributed by atoms with van der Waals surface area (Å²) in [5, 5.41) is 7.46. The SMILES string of the molecule is CCCc1ccc(OCc2ccc(C(=O)Nc3c(C(N)=O)sc4nc(C(F)F)cc(-c5cn(CC)nc5C)c34)o2)cc1. The summed E-state index contributed by atoms with van der Waals surface area (Å²) >= 11 is 0.831. The number of primary amides is 1. The molecular formula is C30H29F2N5O4S. The number of nitrogens with zero attached hydrogens (tertiary/aromatic N) is 3. The van der Waals surface area contributed by atoms with Crippen LogP contribution in [-0.4, -0.2) is 26.6 Å². The first-order chi connectivity index (χ1) is 20.2. The van der Waals surface area contributed by atoms with Crippen LogP contribution in [0.1, 0.15) is 69.6 Å². The van der Waals surface area contributed by atoms with E-state index in [1.165, 1.54) is 17.7 Å². The minimum Gasteiger partial charge on any atom is -0.486 e. The number of nitrogens with one attached hydrogen (secondary N) is 1. The van der Waals surface area contributed by atoms with Crippen molar-refractivity contribution in [1.29, 1.82) is 0 Å². The third-order valence-corrected chi connectivity index (χ3v) is 7.76. The molecule has 0 atom stereocenters. The minimum atomic E-state index is -2.86. The lowest BCUT2D eigenvalue weighted by atomic mass is 10.0. The molecule has 0 unspecified atom stereocenters. The molecular weight excluding hydrogens is 564 g/mol. The maximum absolute atomic E-state index is 13.8. The summed E-state index contributed by atoms with van der Waals surface area (Å²) in [6.45, 7) is 6.43. The second-order valence-electron chi connectivity index (χ2n) is 9.63. The number of fused-ring (bicyclic) bond motifs is 1. The molecule has 0 radical (unpaired) electrons. The molecule has 4 aromatic heterocycles. The van der Waals surface area contributed by atoms with Gasteiger partial charge in [0.05, 0.1) is 11.4 Å². The van der Waals surface area contributed by atoms with Gasteiger partial charge in [0.2, 0.25) is 0 Å². The summed E-state index contributed by atoms with van der Waals surface area (Å²) in [6, 6.07) is 12.1. The zero-order valence-corrected chi connectivity index (χ0v) is 24.1. The first-order valence-corrected chi connectivity index (χ1v) is 14.2. The normalized spacial score (nSPS) is 11.4. The lowest BCUT2D eigenvalue weighted by molar-refractivity contribution is 0.0992. The van der Waals surface area contributed by atoms with Gasteiger partial charge in [-0.1, -0.05) is 25.5 Å². The van der Waals surface area contributed by atoms with E-state index in [0.29, 0.717) is 40.3 Å². The summed E-state index contributed by atoms with van der Waals surface area (Å²) < 4.78 is 40.8. The molecule has 218 valence electrons. The van der Waals surface area contributed by atoms with Gasteiger partial charge >= 0.3 is 0 Å². The summed E-state index contributed by atoms with van der Waals surface area (Å²) in [7, 11) is 0. The molecule has 5 aromatic rings. The van der Waals surface area contributed by atoms with Gasteiger partial charge in [-0.2, -0.15) is 5.10 Å². The van der Waals surface area contributed by atoms with Crippen LogP contribution in [-0.2, 0) is 19.6 Å². The predicted molar refractivity (Wildman–Crippen MR) is 156 cm³/mol. The van der Waals surface area contributed by atoms with Crippen LogP contribution in [0.25, 0.3) is 21.3 Å².